The fraction of sp³-hybridized carbons (Fsp3) is 0.600. The number of aromatic nitrogens is 2. The summed E-state index contributed by atoms with van der Waals surface area (Å²) in [4.78, 5) is 13.5. The lowest BCUT2D eigenvalue weighted by molar-refractivity contribution is 0.448. The normalized spacial score (nSPS) is 9.62. The second kappa shape index (κ2) is 4.29. The summed E-state index contributed by atoms with van der Waals surface area (Å²) in [7, 11) is 0. The largest absolute Gasteiger partial charge is 0.437 e. The molecule has 0 aromatic carbocycles. The Morgan fingerprint density at radius 2 is 2.54 bits per heavy atom. The Hall–Kier alpha value is -1.79. The van der Waals surface area contributed by atoms with Crippen LogP contribution in [-0.4, -0.2) is 16.3 Å². The molecule has 1 aromatic rings. The van der Waals surface area contributed by atoms with Crippen molar-refractivity contribution in [1.29, 1.82) is 0 Å². The topological polar surface area (TPSA) is 123 Å². The van der Waals surface area contributed by atoms with Gasteiger partial charge in [-0.2, -0.15) is 4.68 Å². The average Bonchev–Trinajstić information content (AvgIpc) is 2.48. The van der Waals surface area contributed by atoms with Crippen molar-refractivity contribution in [3.63, 3.8) is 0 Å². The monoisotopic (exact) mass is 184 g/mol. The summed E-state index contributed by atoms with van der Waals surface area (Å²) in [6.07, 6.45) is 0. The number of rotatable bonds is 4. The number of azide groups is 1. The fourth-order valence-electron chi connectivity index (χ4n) is 0.757. The Morgan fingerprint density at radius 1 is 1.77 bits per heavy atom. The van der Waals surface area contributed by atoms with E-state index in [9.17, 15) is 4.79 Å². The highest BCUT2D eigenvalue weighted by atomic mass is 16.4. The number of nitrogens with two attached hydrogens (primary N) is 1. The highest BCUT2D eigenvalue weighted by Crippen LogP contribution is 1.87. The highest BCUT2D eigenvalue weighted by Gasteiger charge is 2.04. The summed E-state index contributed by atoms with van der Waals surface area (Å²) in [5, 5.41) is 6.98. The molecule has 13 heavy (non-hydrogen) atoms. The zero-order valence-corrected chi connectivity index (χ0v) is 6.75. The maximum Gasteiger partial charge on any atom is 0.437 e. The van der Waals surface area contributed by atoms with Crippen molar-refractivity contribution in [2.45, 2.75) is 13.1 Å². The van der Waals surface area contributed by atoms with Crippen LogP contribution in [0.5, 0.6) is 0 Å². The van der Waals surface area contributed by atoms with Crippen LogP contribution < -0.4 is 11.5 Å². The molecule has 2 N–H and O–H groups in total. The molecule has 0 unspecified atom stereocenters. The molecule has 0 radical (unpaired) electrons. The summed E-state index contributed by atoms with van der Waals surface area (Å²) in [5.41, 5.74) is 13.2. The van der Waals surface area contributed by atoms with Crippen LogP contribution in [0, 0.1) is 0 Å². The van der Waals surface area contributed by atoms with Crippen LogP contribution in [0.3, 0.4) is 0 Å². The van der Waals surface area contributed by atoms with E-state index in [0.29, 0.717) is 0 Å². The van der Waals surface area contributed by atoms with Gasteiger partial charge in [-0.3, -0.25) is 0 Å². The Morgan fingerprint density at radius 3 is 3.08 bits per heavy atom. The maximum atomic E-state index is 10.9. The third-order valence-corrected chi connectivity index (χ3v) is 1.30. The highest BCUT2D eigenvalue weighted by molar-refractivity contribution is 4.72. The Bertz CT molecular complexity index is 373. The van der Waals surface area contributed by atoms with Gasteiger partial charge in [0, 0.05) is 11.5 Å². The first-order valence-electron chi connectivity index (χ1n) is 3.55. The molecule has 70 valence electrons. The molecule has 0 aliphatic carbocycles. The Labute approximate surface area is 72.6 Å². The van der Waals surface area contributed by atoms with Crippen molar-refractivity contribution < 1.29 is 4.42 Å². The van der Waals surface area contributed by atoms with E-state index in [1.54, 1.807) is 0 Å². The summed E-state index contributed by atoms with van der Waals surface area (Å²) in [5.74, 6) is -0.417. The molecular formula is C5H8N6O2. The van der Waals surface area contributed by atoms with Crippen LogP contribution in [0.2, 0.25) is 0 Å². The number of hydrogen-bond acceptors (Lipinski definition) is 5. The van der Waals surface area contributed by atoms with Crippen molar-refractivity contribution in [2.75, 3.05) is 6.54 Å². The van der Waals surface area contributed by atoms with Crippen LogP contribution in [-0.2, 0) is 13.1 Å². The molecule has 0 amide bonds. The molecule has 0 saturated carbocycles. The van der Waals surface area contributed by atoms with Crippen LogP contribution >= 0.6 is 0 Å². The predicted molar refractivity (Wildman–Crippen MR) is 42.7 cm³/mol. The van der Waals surface area contributed by atoms with Gasteiger partial charge in [0.05, 0.1) is 13.1 Å². The van der Waals surface area contributed by atoms with Crippen molar-refractivity contribution in [2.24, 2.45) is 10.8 Å². The lowest BCUT2D eigenvalue weighted by Gasteiger charge is -1.90. The molecule has 0 aliphatic heterocycles. The Kier molecular flexibility index (Phi) is 3.07. The van der Waals surface area contributed by atoms with Crippen molar-refractivity contribution in [3.8, 4) is 0 Å². The lowest BCUT2D eigenvalue weighted by atomic mass is 10.6. The Balaban J connectivity index is 2.71. The first-order valence-corrected chi connectivity index (χ1v) is 3.55. The SMILES string of the molecule is [N-]=[N+]=NCCn1nc(CN)oc1=O. The van der Waals surface area contributed by atoms with E-state index in [1.807, 2.05) is 0 Å². The third kappa shape index (κ3) is 2.32. The van der Waals surface area contributed by atoms with E-state index in [1.165, 1.54) is 0 Å². The summed E-state index contributed by atoms with van der Waals surface area (Å²) >= 11 is 0. The first-order chi connectivity index (χ1) is 6.27. The summed E-state index contributed by atoms with van der Waals surface area (Å²) < 4.78 is 5.70. The van der Waals surface area contributed by atoms with Gasteiger partial charge >= 0.3 is 5.76 Å². The molecular weight excluding hydrogens is 176 g/mol. The van der Waals surface area contributed by atoms with Gasteiger partial charge in [-0.25, -0.2) is 4.79 Å². The first kappa shape index (κ1) is 9.30. The van der Waals surface area contributed by atoms with Gasteiger partial charge in [0.2, 0.25) is 5.89 Å². The van der Waals surface area contributed by atoms with Crippen LogP contribution in [0.25, 0.3) is 10.4 Å². The van der Waals surface area contributed by atoms with Crippen LogP contribution in [0.15, 0.2) is 14.3 Å². The molecule has 8 heteroatoms. The quantitative estimate of drug-likeness (QED) is 0.388. The molecule has 8 nitrogen and oxygen atoms in total. The predicted octanol–water partition coefficient (Wildman–Crippen LogP) is -0.395. The number of hydrogen-bond donors (Lipinski definition) is 1. The van der Waals surface area contributed by atoms with E-state index in [4.69, 9.17) is 11.3 Å². The molecule has 0 fully saturated rings. The van der Waals surface area contributed by atoms with Gasteiger partial charge in [-0.05, 0) is 5.53 Å². The minimum Gasteiger partial charge on any atom is -0.391 e. The summed E-state index contributed by atoms with van der Waals surface area (Å²) in [6, 6.07) is 0. The average molecular weight is 184 g/mol. The van der Waals surface area contributed by atoms with Crippen molar-refractivity contribution >= 4 is 0 Å². The van der Waals surface area contributed by atoms with Crippen molar-refractivity contribution in [3.05, 3.63) is 26.9 Å². The smallest absolute Gasteiger partial charge is 0.391 e. The van der Waals surface area contributed by atoms with E-state index in [-0.39, 0.29) is 25.5 Å². The van der Waals surface area contributed by atoms with Gasteiger partial charge < -0.3 is 10.2 Å². The second-order valence-corrected chi connectivity index (χ2v) is 2.14. The van der Waals surface area contributed by atoms with Crippen molar-refractivity contribution in [1.82, 2.24) is 9.78 Å². The zero-order chi connectivity index (χ0) is 9.68. The van der Waals surface area contributed by atoms with E-state index in [0.717, 1.165) is 4.68 Å². The molecule has 0 spiro atoms. The van der Waals surface area contributed by atoms with Gasteiger partial charge in [0.25, 0.3) is 0 Å². The minimum atomic E-state index is -0.589. The molecule has 0 bridgehead atoms. The van der Waals surface area contributed by atoms with E-state index in [2.05, 4.69) is 19.5 Å². The molecule has 1 aromatic heterocycles. The van der Waals surface area contributed by atoms with Crippen LogP contribution in [0.4, 0.5) is 0 Å². The van der Waals surface area contributed by atoms with E-state index < -0.39 is 5.76 Å². The minimum absolute atomic E-state index is 0.0732. The second-order valence-electron chi connectivity index (χ2n) is 2.14. The number of nitrogens with zero attached hydrogens (tertiary/aromatic N) is 5. The lowest BCUT2D eigenvalue weighted by Crippen LogP contribution is -2.17. The van der Waals surface area contributed by atoms with E-state index >= 15 is 0 Å². The maximum absolute atomic E-state index is 10.9. The molecule has 1 rings (SSSR count). The molecule has 0 saturated heterocycles. The molecule has 1 heterocycles. The fourth-order valence-corrected chi connectivity index (χ4v) is 0.757. The van der Waals surface area contributed by atoms with Crippen LogP contribution in [0.1, 0.15) is 5.89 Å². The van der Waals surface area contributed by atoms with Gasteiger partial charge in [0.15, 0.2) is 0 Å². The molecule has 0 aliphatic rings. The molecule has 0 atom stereocenters. The third-order valence-electron chi connectivity index (χ3n) is 1.30. The summed E-state index contributed by atoms with van der Waals surface area (Å²) in [6.45, 7) is 0.434. The zero-order valence-electron chi connectivity index (χ0n) is 6.75. The van der Waals surface area contributed by atoms with Gasteiger partial charge in [-0.1, -0.05) is 5.11 Å². The van der Waals surface area contributed by atoms with Gasteiger partial charge in [-0.15, -0.1) is 5.10 Å². The van der Waals surface area contributed by atoms with Gasteiger partial charge in [0.1, 0.15) is 0 Å². The standard InChI is InChI=1S/C5H8N6O2/c6-3-4-9-11(5(12)13-4)2-1-8-10-7/h1-3,6H2.